The fourth-order valence-electron chi connectivity index (χ4n) is 4.22. The van der Waals surface area contributed by atoms with E-state index in [1.807, 2.05) is 50.2 Å². The Morgan fingerprint density at radius 1 is 1.00 bits per heavy atom. The molecule has 0 N–H and O–H groups in total. The van der Waals surface area contributed by atoms with E-state index in [2.05, 4.69) is 11.0 Å². The first-order valence-corrected chi connectivity index (χ1v) is 9.76. The molecule has 2 aliphatic heterocycles. The normalized spacial score (nSPS) is 19.5. The van der Waals surface area contributed by atoms with E-state index in [-0.39, 0.29) is 11.6 Å². The second-order valence-electron chi connectivity index (χ2n) is 7.68. The number of carbonyl (C=O) groups excluding carboxylic acids is 1. The molecule has 4 rings (SSSR count). The SMILES string of the molecule is Cc1cccc(C)c1C(=O)c1cccc(CN2CCC3(CC2)OCCO3)c1. The van der Waals surface area contributed by atoms with Crippen LogP contribution in [0.1, 0.15) is 45.5 Å². The van der Waals surface area contributed by atoms with Crippen LogP contribution in [0.4, 0.5) is 0 Å². The molecule has 0 radical (unpaired) electrons. The number of hydrogen-bond acceptors (Lipinski definition) is 4. The smallest absolute Gasteiger partial charge is 0.193 e. The van der Waals surface area contributed by atoms with Crippen LogP contribution in [0.5, 0.6) is 0 Å². The molecule has 0 saturated carbocycles. The van der Waals surface area contributed by atoms with Gasteiger partial charge in [0.25, 0.3) is 0 Å². The van der Waals surface area contributed by atoms with Crippen LogP contribution in [0.15, 0.2) is 42.5 Å². The minimum atomic E-state index is -0.337. The summed E-state index contributed by atoms with van der Waals surface area (Å²) in [4.78, 5) is 15.5. The van der Waals surface area contributed by atoms with Gasteiger partial charge in [-0.1, -0.05) is 36.4 Å². The Balaban J connectivity index is 1.46. The molecule has 0 amide bonds. The van der Waals surface area contributed by atoms with Gasteiger partial charge < -0.3 is 9.47 Å². The first-order chi connectivity index (χ1) is 13.1. The van der Waals surface area contributed by atoms with Crippen molar-refractivity contribution in [3.05, 3.63) is 70.3 Å². The highest BCUT2D eigenvalue weighted by Crippen LogP contribution is 2.31. The fourth-order valence-corrected chi connectivity index (χ4v) is 4.22. The van der Waals surface area contributed by atoms with Crippen molar-refractivity contribution < 1.29 is 14.3 Å². The lowest BCUT2D eigenvalue weighted by Crippen LogP contribution is -2.44. The monoisotopic (exact) mass is 365 g/mol. The summed E-state index contributed by atoms with van der Waals surface area (Å²) in [5, 5.41) is 0. The molecule has 2 aromatic rings. The summed E-state index contributed by atoms with van der Waals surface area (Å²) in [6.45, 7) is 8.18. The van der Waals surface area contributed by atoms with E-state index in [1.54, 1.807) is 0 Å². The summed E-state index contributed by atoms with van der Waals surface area (Å²) in [7, 11) is 0. The average Bonchev–Trinajstić information content (AvgIpc) is 3.12. The van der Waals surface area contributed by atoms with Gasteiger partial charge in [-0.05, 0) is 36.6 Å². The number of aryl methyl sites for hydroxylation is 2. The van der Waals surface area contributed by atoms with Crippen molar-refractivity contribution in [2.24, 2.45) is 0 Å². The summed E-state index contributed by atoms with van der Waals surface area (Å²) in [5.41, 5.74) is 4.83. The summed E-state index contributed by atoms with van der Waals surface area (Å²) in [6.07, 6.45) is 1.82. The maximum absolute atomic E-state index is 13.1. The summed E-state index contributed by atoms with van der Waals surface area (Å²) < 4.78 is 11.6. The maximum Gasteiger partial charge on any atom is 0.193 e. The molecule has 2 fully saturated rings. The molecule has 2 saturated heterocycles. The second kappa shape index (κ2) is 7.55. The zero-order valence-corrected chi connectivity index (χ0v) is 16.2. The van der Waals surface area contributed by atoms with Gasteiger partial charge in [0, 0.05) is 43.6 Å². The van der Waals surface area contributed by atoms with Crippen LogP contribution in [0.2, 0.25) is 0 Å². The number of piperidine rings is 1. The van der Waals surface area contributed by atoms with Crippen LogP contribution >= 0.6 is 0 Å². The second-order valence-corrected chi connectivity index (χ2v) is 7.68. The topological polar surface area (TPSA) is 38.8 Å². The van der Waals surface area contributed by atoms with Crippen molar-refractivity contribution in [1.82, 2.24) is 4.90 Å². The van der Waals surface area contributed by atoms with E-state index < -0.39 is 0 Å². The molecule has 2 aliphatic rings. The third-order valence-corrected chi connectivity index (χ3v) is 5.73. The van der Waals surface area contributed by atoms with Crippen LogP contribution in [0.25, 0.3) is 0 Å². The molecule has 2 aromatic carbocycles. The molecule has 1 spiro atoms. The van der Waals surface area contributed by atoms with Gasteiger partial charge in [-0.2, -0.15) is 0 Å². The van der Waals surface area contributed by atoms with Crippen molar-refractivity contribution in [2.75, 3.05) is 26.3 Å². The lowest BCUT2D eigenvalue weighted by atomic mass is 9.94. The number of likely N-dealkylation sites (tertiary alicyclic amines) is 1. The molecule has 0 atom stereocenters. The fraction of sp³-hybridized carbons (Fsp3) is 0.435. The molecule has 0 bridgehead atoms. The van der Waals surface area contributed by atoms with Gasteiger partial charge in [-0.25, -0.2) is 0 Å². The first kappa shape index (κ1) is 18.4. The minimum absolute atomic E-state index is 0.109. The number of hydrogen-bond donors (Lipinski definition) is 0. The molecule has 0 aliphatic carbocycles. The van der Waals surface area contributed by atoms with Crippen molar-refractivity contribution in [3.63, 3.8) is 0 Å². The minimum Gasteiger partial charge on any atom is -0.347 e. The molecule has 4 heteroatoms. The maximum atomic E-state index is 13.1. The highest BCUT2D eigenvalue weighted by molar-refractivity contribution is 6.10. The van der Waals surface area contributed by atoms with Crippen LogP contribution < -0.4 is 0 Å². The number of rotatable bonds is 4. The van der Waals surface area contributed by atoms with E-state index in [1.165, 1.54) is 5.56 Å². The van der Waals surface area contributed by atoms with Crippen LogP contribution in [0.3, 0.4) is 0 Å². The van der Waals surface area contributed by atoms with E-state index in [0.29, 0.717) is 13.2 Å². The number of carbonyl (C=O) groups is 1. The largest absolute Gasteiger partial charge is 0.347 e. The van der Waals surface area contributed by atoms with Crippen LogP contribution in [0, 0.1) is 13.8 Å². The molecule has 142 valence electrons. The van der Waals surface area contributed by atoms with Gasteiger partial charge in [-0.3, -0.25) is 9.69 Å². The van der Waals surface area contributed by atoms with Crippen LogP contribution in [-0.2, 0) is 16.0 Å². The van der Waals surface area contributed by atoms with E-state index in [9.17, 15) is 4.79 Å². The van der Waals surface area contributed by atoms with Crippen molar-refractivity contribution >= 4 is 5.78 Å². The Labute approximate surface area is 161 Å². The van der Waals surface area contributed by atoms with Gasteiger partial charge in [0.15, 0.2) is 11.6 Å². The van der Waals surface area contributed by atoms with Crippen molar-refractivity contribution in [3.8, 4) is 0 Å². The van der Waals surface area contributed by atoms with Crippen molar-refractivity contribution in [1.29, 1.82) is 0 Å². The number of ketones is 1. The highest BCUT2D eigenvalue weighted by Gasteiger charge is 2.39. The first-order valence-electron chi connectivity index (χ1n) is 9.76. The molecular formula is C23H27NO3. The third kappa shape index (κ3) is 3.84. The Morgan fingerprint density at radius 3 is 2.30 bits per heavy atom. The standard InChI is InChI=1S/C23H27NO3/c1-17-5-3-6-18(2)21(17)22(25)20-8-4-7-19(15-20)16-24-11-9-23(10-12-24)26-13-14-27-23/h3-8,15H,9-14,16H2,1-2H3. The van der Waals surface area contributed by atoms with Gasteiger partial charge in [-0.15, -0.1) is 0 Å². The lowest BCUT2D eigenvalue weighted by molar-refractivity contribution is -0.185. The third-order valence-electron chi connectivity index (χ3n) is 5.73. The van der Waals surface area contributed by atoms with Crippen molar-refractivity contribution in [2.45, 2.75) is 39.0 Å². The Kier molecular flexibility index (Phi) is 5.13. The summed E-state index contributed by atoms with van der Waals surface area (Å²) in [6, 6.07) is 14.1. The molecule has 4 nitrogen and oxygen atoms in total. The Bertz CT molecular complexity index is 809. The molecule has 0 unspecified atom stereocenters. The summed E-state index contributed by atoms with van der Waals surface area (Å²) in [5.74, 6) is -0.228. The Hall–Kier alpha value is -2.01. The number of ether oxygens (including phenoxy) is 2. The molecule has 27 heavy (non-hydrogen) atoms. The predicted molar refractivity (Wildman–Crippen MR) is 105 cm³/mol. The molecule has 0 aromatic heterocycles. The zero-order valence-electron chi connectivity index (χ0n) is 16.2. The molecule has 2 heterocycles. The van der Waals surface area contributed by atoms with Gasteiger partial charge in [0.2, 0.25) is 0 Å². The van der Waals surface area contributed by atoms with Gasteiger partial charge in [0.05, 0.1) is 13.2 Å². The lowest BCUT2D eigenvalue weighted by Gasteiger charge is -2.37. The van der Waals surface area contributed by atoms with E-state index in [0.717, 1.165) is 54.7 Å². The quantitative estimate of drug-likeness (QED) is 0.771. The zero-order chi connectivity index (χ0) is 18.9. The van der Waals surface area contributed by atoms with E-state index >= 15 is 0 Å². The summed E-state index contributed by atoms with van der Waals surface area (Å²) >= 11 is 0. The number of benzene rings is 2. The van der Waals surface area contributed by atoms with Gasteiger partial charge in [0.1, 0.15) is 0 Å². The average molecular weight is 365 g/mol. The predicted octanol–water partition coefficient (Wildman–Crippen LogP) is 3.87. The Morgan fingerprint density at radius 2 is 1.63 bits per heavy atom. The van der Waals surface area contributed by atoms with Crippen LogP contribution in [-0.4, -0.2) is 42.8 Å². The number of nitrogens with zero attached hydrogens (tertiary/aromatic N) is 1. The molecular weight excluding hydrogens is 338 g/mol. The van der Waals surface area contributed by atoms with E-state index in [4.69, 9.17) is 9.47 Å². The highest BCUT2D eigenvalue weighted by atomic mass is 16.7. The van der Waals surface area contributed by atoms with Gasteiger partial charge >= 0.3 is 0 Å².